The maximum Gasteiger partial charge on any atom is 0.170 e. The van der Waals surface area contributed by atoms with Gasteiger partial charge < -0.3 is 15.5 Å². The maximum absolute atomic E-state index is 5.41. The molecule has 3 N–H and O–H groups in total. The molecule has 0 atom stereocenters. The van der Waals surface area contributed by atoms with Crippen LogP contribution in [0.3, 0.4) is 0 Å². The van der Waals surface area contributed by atoms with Crippen LogP contribution in [0.15, 0.2) is 54.6 Å². The Morgan fingerprint density at radius 1 is 1.00 bits per heavy atom. The fourth-order valence-corrected chi connectivity index (χ4v) is 2.63. The molecule has 0 bridgehead atoms. The Morgan fingerprint density at radius 3 is 2.43 bits per heavy atom. The average molecular weight is 329 g/mol. The van der Waals surface area contributed by atoms with Crippen LogP contribution in [0.25, 0.3) is 0 Å². The number of nitrogens with one attached hydrogen (secondary N) is 3. The second-order valence-electron chi connectivity index (χ2n) is 6.01. The number of quaternary nitrogens is 1. The molecule has 0 heterocycles. The molecule has 0 aliphatic carbocycles. The minimum absolute atomic E-state index is 0.694. The minimum Gasteiger partial charge on any atom is -0.362 e. The van der Waals surface area contributed by atoms with Gasteiger partial charge in [0, 0.05) is 18.7 Å². The van der Waals surface area contributed by atoms with Crippen LogP contribution in [-0.2, 0) is 6.42 Å². The van der Waals surface area contributed by atoms with Crippen LogP contribution in [0.2, 0.25) is 0 Å². The molecule has 2 rings (SSSR count). The zero-order valence-electron chi connectivity index (χ0n) is 13.9. The van der Waals surface area contributed by atoms with Crippen molar-refractivity contribution < 1.29 is 4.90 Å². The van der Waals surface area contributed by atoms with E-state index in [0.717, 1.165) is 31.6 Å². The smallest absolute Gasteiger partial charge is 0.170 e. The van der Waals surface area contributed by atoms with Crippen molar-refractivity contribution in [2.75, 3.05) is 32.5 Å². The summed E-state index contributed by atoms with van der Waals surface area (Å²) in [6.45, 7) is 2.04. The molecule has 0 radical (unpaired) electrons. The van der Waals surface area contributed by atoms with E-state index >= 15 is 0 Å². The lowest BCUT2D eigenvalue weighted by Gasteiger charge is -2.14. The summed E-state index contributed by atoms with van der Waals surface area (Å²) >= 11 is 5.41. The van der Waals surface area contributed by atoms with Crippen LogP contribution in [0.1, 0.15) is 17.5 Å². The molecule has 0 aliphatic rings. The lowest BCUT2D eigenvalue weighted by Crippen LogP contribution is -3.05. The second-order valence-corrected chi connectivity index (χ2v) is 6.42. The van der Waals surface area contributed by atoms with E-state index in [-0.39, 0.29) is 0 Å². The predicted molar refractivity (Wildman–Crippen MR) is 102 cm³/mol. The van der Waals surface area contributed by atoms with Gasteiger partial charge in [-0.15, -0.1) is 0 Å². The molecule has 0 fully saturated rings. The lowest BCUT2D eigenvalue weighted by atomic mass is 10.0. The summed E-state index contributed by atoms with van der Waals surface area (Å²) in [4.78, 5) is 1.46. The summed E-state index contributed by atoms with van der Waals surface area (Å²) in [7, 11) is 4.33. The van der Waals surface area contributed by atoms with Gasteiger partial charge in [0.15, 0.2) is 5.11 Å². The molecular weight excluding hydrogens is 302 g/mol. The number of para-hydroxylation sites is 1. The SMILES string of the molecule is C[NH+](C)CCCNC(=S)Nc1ccccc1Cc1ccccc1. The Balaban J connectivity index is 1.91. The molecule has 3 nitrogen and oxygen atoms in total. The predicted octanol–water partition coefficient (Wildman–Crippen LogP) is 2.10. The molecule has 0 saturated carbocycles. The van der Waals surface area contributed by atoms with Crippen molar-refractivity contribution in [3.8, 4) is 0 Å². The van der Waals surface area contributed by atoms with Crippen molar-refractivity contribution in [1.82, 2.24) is 5.32 Å². The van der Waals surface area contributed by atoms with Crippen molar-refractivity contribution in [3.63, 3.8) is 0 Å². The Hall–Kier alpha value is -1.91. The molecule has 0 spiro atoms. The molecular formula is C19H26N3S+. The van der Waals surface area contributed by atoms with E-state index in [4.69, 9.17) is 12.2 Å². The van der Waals surface area contributed by atoms with Gasteiger partial charge in [-0.2, -0.15) is 0 Å². The van der Waals surface area contributed by atoms with Gasteiger partial charge in [0.25, 0.3) is 0 Å². The molecule has 0 aromatic heterocycles. The zero-order chi connectivity index (χ0) is 16.5. The minimum atomic E-state index is 0.694. The van der Waals surface area contributed by atoms with Gasteiger partial charge in [0.1, 0.15) is 0 Å². The largest absolute Gasteiger partial charge is 0.362 e. The van der Waals surface area contributed by atoms with E-state index in [2.05, 4.69) is 67.2 Å². The van der Waals surface area contributed by atoms with E-state index in [1.165, 1.54) is 16.0 Å². The topological polar surface area (TPSA) is 28.5 Å². The van der Waals surface area contributed by atoms with Crippen LogP contribution in [0.5, 0.6) is 0 Å². The highest BCUT2D eigenvalue weighted by molar-refractivity contribution is 7.80. The van der Waals surface area contributed by atoms with E-state index < -0.39 is 0 Å². The third kappa shape index (κ3) is 6.38. The molecule has 122 valence electrons. The molecule has 0 unspecified atom stereocenters. The first-order chi connectivity index (χ1) is 11.1. The number of hydrogen-bond acceptors (Lipinski definition) is 1. The molecule has 0 aliphatic heterocycles. The maximum atomic E-state index is 5.41. The molecule has 0 saturated heterocycles. The molecule has 2 aromatic rings. The van der Waals surface area contributed by atoms with Crippen molar-refractivity contribution in [1.29, 1.82) is 0 Å². The third-order valence-corrected chi connectivity index (χ3v) is 3.89. The fourth-order valence-electron chi connectivity index (χ4n) is 2.42. The number of rotatable bonds is 7. The van der Waals surface area contributed by atoms with Gasteiger partial charge in [-0.1, -0.05) is 48.5 Å². The third-order valence-electron chi connectivity index (χ3n) is 3.64. The highest BCUT2D eigenvalue weighted by Crippen LogP contribution is 2.19. The summed E-state index contributed by atoms with van der Waals surface area (Å²) < 4.78 is 0. The first-order valence-electron chi connectivity index (χ1n) is 8.11. The van der Waals surface area contributed by atoms with Crippen molar-refractivity contribution in [2.24, 2.45) is 0 Å². The van der Waals surface area contributed by atoms with Gasteiger partial charge in [-0.3, -0.25) is 0 Å². The summed E-state index contributed by atoms with van der Waals surface area (Å²) in [5.41, 5.74) is 3.63. The lowest BCUT2D eigenvalue weighted by molar-refractivity contribution is -0.858. The first-order valence-corrected chi connectivity index (χ1v) is 8.51. The summed E-state index contributed by atoms with van der Waals surface area (Å²) in [5.74, 6) is 0. The number of thiocarbonyl (C=S) groups is 1. The van der Waals surface area contributed by atoms with Gasteiger partial charge >= 0.3 is 0 Å². The van der Waals surface area contributed by atoms with E-state index in [1.54, 1.807) is 0 Å². The Bertz CT molecular complexity index is 611. The molecule has 4 heteroatoms. The van der Waals surface area contributed by atoms with Crippen LogP contribution >= 0.6 is 12.2 Å². The first kappa shape index (κ1) is 17.4. The van der Waals surface area contributed by atoms with Gasteiger partial charge in [0.2, 0.25) is 0 Å². The Kier molecular flexibility index (Phi) is 7.04. The van der Waals surface area contributed by atoms with Gasteiger partial charge in [0.05, 0.1) is 20.6 Å². The van der Waals surface area contributed by atoms with Crippen molar-refractivity contribution in [2.45, 2.75) is 12.8 Å². The highest BCUT2D eigenvalue weighted by Gasteiger charge is 2.05. The number of anilines is 1. The fraction of sp³-hybridized carbons (Fsp3) is 0.316. The van der Waals surface area contributed by atoms with Crippen LogP contribution in [-0.4, -0.2) is 32.3 Å². The molecule has 23 heavy (non-hydrogen) atoms. The van der Waals surface area contributed by atoms with Crippen LogP contribution in [0.4, 0.5) is 5.69 Å². The van der Waals surface area contributed by atoms with E-state index in [0.29, 0.717) is 5.11 Å². The van der Waals surface area contributed by atoms with E-state index in [9.17, 15) is 0 Å². The number of benzene rings is 2. The highest BCUT2D eigenvalue weighted by atomic mass is 32.1. The standard InChI is InChI=1S/C19H25N3S/c1-22(2)14-8-13-20-19(23)21-18-12-7-6-11-17(18)15-16-9-4-3-5-10-16/h3-7,9-12H,8,13-15H2,1-2H3,(H2,20,21,23)/p+1. The van der Waals surface area contributed by atoms with Crippen LogP contribution in [0, 0.1) is 0 Å². The second kappa shape index (κ2) is 9.28. The van der Waals surface area contributed by atoms with Crippen molar-refractivity contribution in [3.05, 3.63) is 65.7 Å². The molecule has 0 amide bonds. The Morgan fingerprint density at radius 2 is 1.70 bits per heavy atom. The Labute approximate surface area is 144 Å². The monoisotopic (exact) mass is 328 g/mol. The summed E-state index contributed by atoms with van der Waals surface area (Å²) in [6.07, 6.45) is 2.01. The van der Waals surface area contributed by atoms with E-state index in [1.807, 2.05) is 12.1 Å². The van der Waals surface area contributed by atoms with Gasteiger partial charge in [-0.05, 0) is 35.8 Å². The van der Waals surface area contributed by atoms with Crippen molar-refractivity contribution >= 4 is 23.0 Å². The normalized spacial score (nSPS) is 10.6. The summed E-state index contributed by atoms with van der Waals surface area (Å²) in [5, 5.41) is 7.31. The zero-order valence-corrected chi connectivity index (χ0v) is 14.7. The number of hydrogen-bond donors (Lipinski definition) is 3. The average Bonchev–Trinajstić information content (AvgIpc) is 2.54. The molecule has 2 aromatic carbocycles. The quantitative estimate of drug-likeness (QED) is 0.537. The van der Waals surface area contributed by atoms with Crippen LogP contribution < -0.4 is 15.5 Å². The van der Waals surface area contributed by atoms with Gasteiger partial charge in [-0.25, -0.2) is 0 Å². The summed E-state index contributed by atoms with van der Waals surface area (Å²) in [6, 6.07) is 18.8.